The van der Waals surface area contributed by atoms with Gasteiger partial charge in [0.25, 0.3) is 0 Å². The Morgan fingerprint density at radius 2 is 2.28 bits per heavy atom. The molecule has 0 aromatic heterocycles. The van der Waals surface area contributed by atoms with Crippen molar-refractivity contribution in [2.24, 2.45) is 5.92 Å². The highest BCUT2D eigenvalue weighted by Crippen LogP contribution is 2.27. The van der Waals surface area contributed by atoms with Crippen LogP contribution in [0.3, 0.4) is 0 Å². The van der Waals surface area contributed by atoms with Gasteiger partial charge in [0, 0.05) is 30.3 Å². The first kappa shape index (κ1) is 13.7. The van der Waals surface area contributed by atoms with E-state index in [0.717, 1.165) is 42.3 Å². The van der Waals surface area contributed by atoms with Crippen molar-refractivity contribution in [1.82, 2.24) is 5.32 Å². The number of hydrogen-bond donors (Lipinski definition) is 2. The first-order chi connectivity index (χ1) is 8.61. The third-order valence-electron chi connectivity index (χ3n) is 3.63. The van der Waals surface area contributed by atoms with E-state index in [0.29, 0.717) is 5.92 Å². The van der Waals surface area contributed by atoms with E-state index in [4.69, 9.17) is 11.6 Å². The predicted molar refractivity (Wildman–Crippen MR) is 76.2 cm³/mol. The van der Waals surface area contributed by atoms with Crippen LogP contribution in [0.25, 0.3) is 0 Å². The minimum Gasteiger partial charge on any atom is -0.393 e. The zero-order valence-electron chi connectivity index (χ0n) is 11.0. The van der Waals surface area contributed by atoms with Gasteiger partial charge in [0.05, 0.1) is 6.10 Å². The Hall–Kier alpha value is -0.770. The van der Waals surface area contributed by atoms with Gasteiger partial charge in [-0.3, -0.25) is 0 Å². The Balaban J connectivity index is 2.12. The lowest BCUT2D eigenvalue weighted by Crippen LogP contribution is -2.41. The van der Waals surface area contributed by atoms with Crippen molar-refractivity contribution < 1.29 is 5.11 Å². The molecule has 1 saturated heterocycles. The first-order valence-electron chi connectivity index (χ1n) is 6.48. The molecule has 1 aliphatic rings. The van der Waals surface area contributed by atoms with Crippen molar-refractivity contribution in [3.63, 3.8) is 0 Å². The van der Waals surface area contributed by atoms with E-state index >= 15 is 0 Å². The number of nitrogens with zero attached hydrogens (tertiary/aromatic N) is 1. The first-order valence-corrected chi connectivity index (χ1v) is 6.85. The molecule has 18 heavy (non-hydrogen) atoms. The fourth-order valence-corrected chi connectivity index (χ4v) is 2.68. The smallest absolute Gasteiger partial charge is 0.0599 e. The number of halogens is 1. The molecule has 4 heteroatoms. The summed E-state index contributed by atoms with van der Waals surface area (Å²) in [6, 6.07) is 6.21. The second kappa shape index (κ2) is 5.91. The van der Waals surface area contributed by atoms with Crippen LogP contribution < -0.4 is 10.2 Å². The number of rotatable bonds is 3. The second-order valence-corrected chi connectivity index (χ2v) is 5.49. The van der Waals surface area contributed by atoms with Gasteiger partial charge in [0.15, 0.2) is 0 Å². The van der Waals surface area contributed by atoms with Crippen molar-refractivity contribution in [2.75, 3.05) is 25.0 Å². The van der Waals surface area contributed by atoms with Crippen LogP contribution >= 0.6 is 11.6 Å². The van der Waals surface area contributed by atoms with E-state index in [2.05, 4.69) is 29.3 Å². The fourth-order valence-electron chi connectivity index (χ4n) is 2.43. The number of piperidine rings is 1. The van der Waals surface area contributed by atoms with Gasteiger partial charge in [-0.2, -0.15) is 0 Å². The zero-order valence-corrected chi connectivity index (χ0v) is 11.7. The van der Waals surface area contributed by atoms with Crippen LogP contribution in [0.4, 0.5) is 5.69 Å². The van der Waals surface area contributed by atoms with Gasteiger partial charge in [-0.05, 0) is 37.1 Å². The SMILES string of the molecule is CNCc1ccc(N2CCC(O)C(C)C2)cc1Cl. The minimum absolute atomic E-state index is 0.166. The van der Waals surface area contributed by atoms with Gasteiger partial charge in [-0.1, -0.05) is 24.6 Å². The molecule has 2 rings (SSSR count). The molecule has 0 amide bonds. The molecule has 2 atom stereocenters. The minimum atomic E-state index is -0.166. The van der Waals surface area contributed by atoms with E-state index in [1.807, 2.05) is 13.1 Å². The van der Waals surface area contributed by atoms with Crippen molar-refractivity contribution in [2.45, 2.75) is 26.0 Å². The van der Waals surface area contributed by atoms with Gasteiger partial charge in [-0.15, -0.1) is 0 Å². The number of nitrogens with one attached hydrogen (secondary N) is 1. The molecule has 1 aliphatic heterocycles. The summed E-state index contributed by atoms with van der Waals surface area (Å²) in [6.07, 6.45) is 0.664. The number of benzene rings is 1. The molecule has 1 heterocycles. The van der Waals surface area contributed by atoms with Crippen LogP contribution in [0, 0.1) is 5.92 Å². The Morgan fingerprint density at radius 3 is 2.89 bits per heavy atom. The molecule has 0 aliphatic carbocycles. The van der Waals surface area contributed by atoms with Gasteiger partial charge >= 0.3 is 0 Å². The lowest BCUT2D eigenvalue weighted by molar-refractivity contribution is 0.0971. The maximum atomic E-state index is 9.75. The van der Waals surface area contributed by atoms with E-state index in [1.165, 1.54) is 0 Å². The maximum absolute atomic E-state index is 9.75. The summed E-state index contributed by atoms with van der Waals surface area (Å²) in [5.41, 5.74) is 2.27. The number of aliphatic hydroxyl groups excluding tert-OH is 1. The largest absolute Gasteiger partial charge is 0.393 e. The lowest BCUT2D eigenvalue weighted by Gasteiger charge is -2.36. The van der Waals surface area contributed by atoms with Crippen molar-refractivity contribution in [3.8, 4) is 0 Å². The normalized spacial score (nSPS) is 24.3. The second-order valence-electron chi connectivity index (χ2n) is 5.09. The van der Waals surface area contributed by atoms with Gasteiger partial charge < -0.3 is 15.3 Å². The average Bonchev–Trinajstić information content (AvgIpc) is 2.35. The van der Waals surface area contributed by atoms with Crippen LogP contribution in [-0.4, -0.2) is 31.3 Å². The number of hydrogen-bond acceptors (Lipinski definition) is 3. The molecule has 0 spiro atoms. The summed E-state index contributed by atoms with van der Waals surface area (Å²) < 4.78 is 0. The number of aliphatic hydroxyl groups is 1. The quantitative estimate of drug-likeness (QED) is 0.883. The Bertz CT molecular complexity index is 411. The average molecular weight is 269 g/mol. The predicted octanol–water partition coefficient (Wildman–Crippen LogP) is 2.27. The summed E-state index contributed by atoms with van der Waals surface area (Å²) in [6.45, 7) is 4.66. The molecule has 100 valence electrons. The zero-order chi connectivity index (χ0) is 13.1. The fraction of sp³-hybridized carbons (Fsp3) is 0.571. The molecule has 1 aromatic carbocycles. The van der Waals surface area contributed by atoms with Crippen molar-refractivity contribution in [1.29, 1.82) is 0 Å². The molecule has 0 saturated carbocycles. The highest BCUT2D eigenvalue weighted by atomic mass is 35.5. The summed E-state index contributed by atoms with van der Waals surface area (Å²) in [7, 11) is 1.91. The molecule has 1 aromatic rings. The molecule has 2 unspecified atom stereocenters. The van der Waals surface area contributed by atoms with Gasteiger partial charge in [0.2, 0.25) is 0 Å². The molecular weight excluding hydrogens is 248 g/mol. The summed E-state index contributed by atoms with van der Waals surface area (Å²) in [5.74, 6) is 0.314. The molecule has 0 bridgehead atoms. The topological polar surface area (TPSA) is 35.5 Å². The van der Waals surface area contributed by atoms with E-state index in [-0.39, 0.29) is 6.10 Å². The standard InChI is InChI=1S/C14H21ClN2O/c1-10-9-17(6-5-14(10)18)12-4-3-11(8-16-2)13(15)7-12/h3-4,7,10,14,16,18H,5-6,8-9H2,1-2H3. The Morgan fingerprint density at radius 1 is 1.50 bits per heavy atom. The molecular formula is C14H21ClN2O. The van der Waals surface area contributed by atoms with E-state index in [1.54, 1.807) is 0 Å². The summed E-state index contributed by atoms with van der Waals surface area (Å²) in [4.78, 5) is 2.30. The van der Waals surface area contributed by atoms with Crippen LogP contribution in [0.5, 0.6) is 0 Å². The van der Waals surface area contributed by atoms with Crippen molar-refractivity contribution in [3.05, 3.63) is 28.8 Å². The van der Waals surface area contributed by atoms with Crippen LogP contribution in [0.1, 0.15) is 18.9 Å². The molecule has 0 radical (unpaired) electrons. The van der Waals surface area contributed by atoms with Gasteiger partial charge in [0.1, 0.15) is 0 Å². The highest BCUT2D eigenvalue weighted by molar-refractivity contribution is 6.31. The lowest BCUT2D eigenvalue weighted by atomic mass is 9.96. The van der Waals surface area contributed by atoms with Crippen LogP contribution in [-0.2, 0) is 6.54 Å². The van der Waals surface area contributed by atoms with Crippen LogP contribution in [0.2, 0.25) is 5.02 Å². The Labute approximate surface area is 114 Å². The Kier molecular flexibility index (Phi) is 4.49. The third-order valence-corrected chi connectivity index (χ3v) is 3.98. The maximum Gasteiger partial charge on any atom is 0.0599 e. The highest BCUT2D eigenvalue weighted by Gasteiger charge is 2.24. The summed E-state index contributed by atoms with van der Waals surface area (Å²) >= 11 is 6.28. The molecule has 3 nitrogen and oxygen atoms in total. The van der Waals surface area contributed by atoms with Gasteiger partial charge in [-0.25, -0.2) is 0 Å². The van der Waals surface area contributed by atoms with Crippen LogP contribution in [0.15, 0.2) is 18.2 Å². The van der Waals surface area contributed by atoms with E-state index < -0.39 is 0 Å². The molecule has 2 N–H and O–H groups in total. The third kappa shape index (κ3) is 2.97. The summed E-state index contributed by atoms with van der Waals surface area (Å²) in [5, 5.41) is 13.7. The van der Waals surface area contributed by atoms with Crippen molar-refractivity contribution >= 4 is 17.3 Å². The number of anilines is 1. The molecule has 1 fully saturated rings. The monoisotopic (exact) mass is 268 g/mol. The van der Waals surface area contributed by atoms with E-state index in [9.17, 15) is 5.11 Å².